The van der Waals surface area contributed by atoms with Crippen LogP contribution in [-0.2, 0) is 13.0 Å². The second kappa shape index (κ2) is 5.67. The topological polar surface area (TPSA) is 33.1 Å². The Morgan fingerprint density at radius 1 is 1.35 bits per heavy atom. The number of para-hydroxylation sites is 1. The van der Waals surface area contributed by atoms with Crippen molar-refractivity contribution in [2.24, 2.45) is 0 Å². The molecule has 1 aromatic heterocycles. The molecule has 0 saturated carbocycles. The van der Waals surface area contributed by atoms with Crippen LogP contribution in [0.4, 0.5) is 5.69 Å². The first-order valence-electron chi connectivity index (χ1n) is 7.26. The molecule has 1 aliphatic rings. The first kappa shape index (κ1) is 13.2. The molecular weight excluding hydrogens is 248 g/mol. The molecule has 2 aromatic rings. The molecular formula is C16H22N4. The minimum Gasteiger partial charge on any atom is -0.384 e. The van der Waals surface area contributed by atoms with Crippen molar-refractivity contribution in [3.8, 4) is 11.3 Å². The van der Waals surface area contributed by atoms with Crippen molar-refractivity contribution in [3.63, 3.8) is 0 Å². The summed E-state index contributed by atoms with van der Waals surface area (Å²) >= 11 is 0. The van der Waals surface area contributed by atoms with E-state index in [4.69, 9.17) is 0 Å². The number of aryl methyl sites for hydroxylation is 1. The number of fused-ring (bicyclic) bond motifs is 1. The summed E-state index contributed by atoms with van der Waals surface area (Å²) in [6.07, 6.45) is 6.29. The fraction of sp³-hybridized carbons (Fsp3) is 0.438. The molecule has 0 bridgehead atoms. The van der Waals surface area contributed by atoms with E-state index < -0.39 is 0 Å². The number of likely N-dealkylation sites (N-methyl/N-ethyl adjacent to an activating group) is 1. The SMILES string of the molecule is CN(C)CCn1cncc1-c1cccc2c1NCCC2. The summed E-state index contributed by atoms with van der Waals surface area (Å²) in [5.41, 5.74) is 5.20. The molecule has 1 aliphatic heterocycles. The molecule has 106 valence electrons. The highest BCUT2D eigenvalue weighted by Crippen LogP contribution is 2.33. The molecule has 0 spiro atoms. The molecule has 0 unspecified atom stereocenters. The maximum Gasteiger partial charge on any atom is 0.0951 e. The highest BCUT2D eigenvalue weighted by molar-refractivity contribution is 5.78. The van der Waals surface area contributed by atoms with E-state index in [0.717, 1.165) is 19.6 Å². The van der Waals surface area contributed by atoms with Crippen LogP contribution >= 0.6 is 0 Å². The summed E-state index contributed by atoms with van der Waals surface area (Å²) in [5.74, 6) is 0. The zero-order valence-corrected chi connectivity index (χ0v) is 12.3. The number of imidazole rings is 1. The van der Waals surface area contributed by atoms with Crippen LogP contribution in [-0.4, -0.2) is 41.6 Å². The second-order valence-corrected chi connectivity index (χ2v) is 5.65. The van der Waals surface area contributed by atoms with Gasteiger partial charge in [-0.2, -0.15) is 0 Å². The van der Waals surface area contributed by atoms with Crippen molar-refractivity contribution >= 4 is 5.69 Å². The lowest BCUT2D eigenvalue weighted by molar-refractivity contribution is 0.385. The van der Waals surface area contributed by atoms with Crippen molar-refractivity contribution in [3.05, 3.63) is 36.3 Å². The minimum atomic E-state index is 0.964. The summed E-state index contributed by atoms with van der Waals surface area (Å²) in [4.78, 5) is 6.54. The Hall–Kier alpha value is -1.81. The predicted molar refractivity (Wildman–Crippen MR) is 83.0 cm³/mol. The minimum absolute atomic E-state index is 0.964. The molecule has 1 aromatic carbocycles. The number of rotatable bonds is 4. The van der Waals surface area contributed by atoms with Gasteiger partial charge in [-0.1, -0.05) is 18.2 Å². The van der Waals surface area contributed by atoms with Crippen LogP contribution in [0.1, 0.15) is 12.0 Å². The zero-order valence-electron chi connectivity index (χ0n) is 12.3. The van der Waals surface area contributed by atoms with Gasteiger partial charge in [0.15, 0.2) is 0 Å². The van der Waals surface area contributed by atoms with Gasteiger partial charge in [0.25, 0.3) is 0 Å². The first-order valence-corrected chi connectivity index (χ1v) is 7.26. The second-order valence-electron chi connectivity index (χ2n) is 5.65. The summed E-state index contributed by atoms with van der Waals surface area (Å²) in [7, 11) is 4.20. The molecule has 20 heavy (non-hydrogen) atoms. The normalized spacial score (nSPS) is 14.2. The lowest BCUT2D eigenvalue weighted by Crippen LogP contribution is -2.19. The third-order valence-corrected chi connectivity index (χ3v) is 3.85. The molecule has 0 amide bonds. The number of nitrogens with one attached hydrogen (secondary N) is 1. The fourth-order valence-corrected chi connectivity index (χ4v) is 2.75. The van der Waals surface area contributed by atoms with Crippen molar-refractivity contribution < 1.29 is 0 Å². The van der Waals surface area contributed by atoms with E-state index in [0.29, 0.717) is 0 Å². The molecule has 2 heterocycles. The van der Waals surface area contributed by atoms with Gasteiger partial charge in [-0.25, -0.2) is 4.98 Å². The average Bonchev–Trinajstić information content (AvgIpc) is 2.92. The van der Waals surface area contributed by atoms with Crippen LogP contribution in [0.5, 0.6) is 0 Å². The van der Waals surface area contributed by atoms with Gasteiger partial charge in [0.05, 0.1) is 18.2 Å². The summed E-state index contributed by atoms with van der Waals surface area (Å²) in [5, 5.41) is 3.56. The van der Waals surface area contributed by atoms with Gasteiger partial charge in [0.2, 0.25) is 0 Å². The summed E-state index contributed by atoms with van der Waals surface area (Å²) < 4.78 is 2.24. The molecule has 4 heteroatoms. The van der Waals surface area contributed by atoms with Crippen molar-refractivity contribution in [2.75, 3.05) is 32.5 Å². The molecule has 0 atom stereocenters. The molecule has 3 rings (SSSR count). The average molecular weight is 270 g/mol. The molecule has 0 fully saturated rings. The van der Waals surface area contributed by atoms with Gasteiger partial charge in [0, 0.05) is 30.9 Å². The highest BCUT2D eigenvalue weighted by atomic mass is 15.1. The Labute approximate surface area is 120 Å². The Kier molecular flexibility index (Phi) is 3.74. The van der Waals surface area contributed by atoms with Crippen LogP contribution in [0, 0.1) is 0 Å². The summed E-state index contributed by atoms with van der Waals surface area (Å²) in [6, 6.07) is 6.58. The third-order valence-electron chi connectivity index (χ3n) is 3.85. The Morgan fingerprint density at radius 2 is 2.25 bits per heavy atom. The van der Waals surface area contributed by atoms with Gasteiger partial charge in [0.1, 0.15) is 0 Å². The van der Waals surface area contributed by atoms with Gasteiger partial charge in [-0.15, -0.1) is 0 Å². The highest BCUT2D eigenvalue weighted by Gasteiger charge is 2.15. The van der Waals surface area contributed by atoms with Crippen LogP contribution < -0.4 is 5.32 Å². The van der Waals surface area contributed by atoms with Gasteiger partial charge in [-0.05, 0) is 32.5 Å². The van der Waals surface area contributed by atoms with Crippen LogP contribution in [0.2, 0.25) is 0 Å². The van der Waals surface area contributed by atoms with E-state index in [1.54, 1.807) is 0 Å². The third kappa shape index (κ3) is 2.56. The van der Waals surface area contributed by atoms with E-state index in [2.05, 4.69) is 52.1 Å². The Morgan fingerprint density at radius 3 is 3.10 bits per heavy atom. The van der Waals surface area contributed by atoms with E-state index in [1.807, 2.05) is 12.5 Å². The van der Waals surface area contributed by atoms with Crippen molar-refractivity contribution in [2.45, 2.75) is 19.4 Å². The first-order chi connectivity index (χ1) is 9.75. The predicted octanol–water partition coefficient (Wildman–Crippen LogP) is 2.47. The Balaban J connectivity index is 1.95. The number of anilines is 1. The molecule has 0 radical (unpaired) electrons. The number of benzene rings is 1. The lowest BCUT2D eigenvalue weighted by Gasteiger charge is -2.22. The van der Waals surface area contributed by atoms with Gasteiger partial charge < -0.3 is 14.8 Å². The van der Waals surface area contributed by atoms with E-state index in [1.165, 1.54) is 35.3 Å². The maximum atomic E-state index is 4.34. The van der Waals surface area contributed by atoms with E-state index >= 15 is 0 Å². The Bertz CT molecular complexity index is 586. The van der Waals surface area contributed by atoms with Crippen molar-refractivity contribution in [1.82, 2.24) is 14.5 Å². The van der Waals surface area contributed by atoms with Gasteiger partial charge >= 0.3 is 0 Å². The van der Waals surface area contributed by atoms with E-state index in [-0.39, 0.29) is 0 Å². The van der Waals surface area contributed by atoms with Crippen LogP contribution in [0.15, 0.2) is 30.7 Å². The number of hydrogen-bond acceptors (Lipinski definition) is 3. The van der Waals surface area contributed by atoms with E-state index in [9.17, 15) is 0 Å². The quantitative estimate of drug-likeness (QED) is 0.926. The molecule has 0 saturated heterocycles. The molecule has 0 aliphatic carbocycles. The number of hydrogen-bond donors (Lipinski definition) is 1. The molecule has 1 N–H and O–H groups in total. The number of aromatic nitrogens is 2. The van der Waals surface area contributed by atoms with Crippen LogP contribution in [0.3, 0.4) is 0 Å². The number of nitrogens with zero attached hydrogens (tertiary/aromatic N) is 3. The summed E-state index contributed by atoms with van der Waals surface area (Å²) in [6.45, 7) is 3.05. The maximum absolute atomic E-state index is 4.34. The zero-order chi connectivity index (χ0) is 13.9. The standard InChI is InChI=1S/C16H22N4/c1-19(2)9-10-20-12-17-11-15(20)14-7-3-5-13-6-4-8-18-16(13)14/h3,5,7,11-12,18H,4,6,8-10H2,1-2H3. The fourth-order valence-electron chi connectivity index (χ4n) is 2.75. The van der Waals surface area contributed by atoms with Gasteiger partial charge in [-0.3, -0.25) is 0 Å². The van der Waals surface area contributed by atoms with Crippen molar-refractivity contribution in [1.29, 1.82) is 0 Å². The molecule has 4 nitrogen and oxygen atoms in total. The smallest absolute Gasteiger partial charge is 0.0951 e. The largest absolute Gasteiger partial charge is 0.384 e. The monoisotopic (exact) mass is 270 g/mol. The lowest BCUT2D eigenvalue weighted by atomic mass is 9.98. The van der Waals surface area contributed by atoms with Crippen LogP contribution in [0.25, 0.3) is 11.3 Å².